The molecule has 38 heavy (non-hydrogen) atoms. The molecule has 0 spiro atoms. The van der Waals surface area contributed by atoms with Crippen molar-refractivity contribution in [2.24, 2.45) is 0 Å². The van der Waals surface area contributed by atoms with E-state index in [1.165, 1.54) is 18.2 Å². The van der Waals surface area contributed by atoms with E-state index in [0.717, 1.165) is 30.3 Å². The second-order valence-electron chi connectivity index (χ2n) is 7.81. The van der Waals surface area contributed by atoms with Crippen LogP contribution in [0.3, 0.4) is 0 Å². The number of aryl methyl sites for hydroxylation is 1. The molecule has 0 N–H and O–H groups in total. The molecule has 4 aromatic rings. The van der Waals surface area contributed by atoms with Crippen LogP contribution in [0.2, 0.25) is 0 Å². The van der Waals surface area contributed by atoms with Crippen LogP contribution in [0.5, 0.6) is 17.2 Å². The van der Waals surface area contributed by atoms with Crippen molar-refractivity contribution in [3.63, 3.8) is 0 Å². The fourth-order valence-corrected chi connectivity index (χ4v) is 3.39. The summed E-state index contributed by atoms with van der Waals surface area (Å²) in [5, 5.41) is 21.8. The molecule has 4 rings (SSSR count). The quantitative estimate of drug-likeness (QED) is 0.127. The highest BCUT2D eigenvalue weighted by atomic mass is 19.4. The minimum atomic E-state index is -5.14. The van der Waals surface area contributed by atoms with E-state index in [2.05, 4.69) is 0 Å². The van der Waals surface area contributed by atoms with Crippen molar-refractivity contribution in [3.05, 3.63) is 108 Å². The summed E-state index contributed by atoms with van der Waals surface area (Å²) in [7, 11) is 0. The van der Waals surface area contributed by atoms with Crippen molar-refractivity contribution in [1.29, 1.82) is 0 Å². The molecule has 1 aromatic heterocycles. The Morgan fingerprint density at radius 3 is 2.16 bits per heavy atom. The van der Waals surface area contributed by atoms with Crippen molar-refractivity contribution >= 4 is 28.3 Å². The summed E-state index contributed by atoms with van der Waals surface area (Å²) in [5.41, 5.74) is -3.16. The van der Waals surface area contributed by atoms with E-state index < -0.39 is 67.2 Å². The van der Waals surface area contributed by atoms with Gasteiger partial charge in [-0.2, -0.15) is 13.2 Å². The number of ether oxygens (including phenoxy) is 2. The Kier molecular flexibility index (Phi) is 6.55. The molecule has 14 heteroatoms. The number of rotatable bonds is 6. The summed E-state index contributed by atoms with van der Waals surface area (Å²) in [6.45, 7) is 1.68. The lowest BCUT2D eigenvalue weighted by Crippen LogP contribution is -2.15. The molecular weight excluding hydrogens is 517 g/mol. The van der Waals surface area contributed by atoms with Crippen molar-refractivity contribution in [1.82, 2.24) is 0 Å². The first-order valence-electron chi connectivity index (χ1n) is 10.4. The maximum absolute atomic E-state index is 13.8. The van der Waals surface area contributed by atoms with E-state index >= 15 is 0 Å². The average molecular weight is 530 g/mol. The predicted octanol–water partition coefficient (Wildman–Crippen LogP) is 5.95. The Morgan fingerprint density at radius 1 is 0.921 bits per heavy atom. The maximum atomic E-state index is 13.8. The van der Waals surface area contributed by atoms with E-state index in [1.54, 1.807) is 13.0 Å². The average Bonchev–Trinajstić information content (AvgIpc) is 2.84. The summed E-state index contributed by atoms with van der Waals surface area (Å²) in [6, 6.07) is 11.0. The smallest absolute Gasteiger partial charge is 0.449 e. The number of hydrogen-bond acceptors (Lipinski definition) is 9. The van der Waals surface area contributed by atoms with Crippen LogP contribution in [-0.4, -0.2) is 15.8 Å². The molecule has 0 amide bonds. The molecule has 0 radical (unpaired) electrons. The molecule has 0 fully saturated rings. The monoisotopic (exact) mass is 530 g/mol. The van der Waals surface area contributed by atoms with Gasteiger partial charge in [-0.3, -0.25) is 25.0 Å². The minimum absolute atomic E-state index is 0.0289. The summed E-state index contributed by atoms with van der Waals surface area (Å²) in [6.07, 6.45) is -5.14. The molecule has 3 aromatic carbocycles. The number of hydrogen-bond donors (Lipinski definition) is 0. The van der Waals surface area contributed by atoms with Gasteiger partial charge in [-0.25, -0.2) is 4.79 Å². The number of benzene rings is 3. The lowest BCUT2D eigenvalue weighted by atomic mass is 10.1. The second kappa shape index (κ2) is 9.65. The molecule has 0 aliphatic carbocycles. The first-order chi connectivity index (χ1) is 17.8. The number of esters is 1. The Morgan fingerprint density at radius 2 is 1.58 bits per heavy atom. The number of non-ortho nitro benzene ring substituents is 2. The first-order valence-corrected chi connectivity index (χ1v) is 10.4. The Labute approximate surface area is 208 Å². The standard InChI is InChI=1S/C24H13F3N2O9/c1-12-3-2-4-16(7-12)36-21-20(30)18-6-5-17(11-19(18)38-22(21)24(25,26)27)37-23(31)13-8-14(28(32)33)10-15(9-13)29(34)35/h2-11H,1H3. The number of carbonyl (C=O) groups is 1. The summed E-state index contributed by atoms with van der Waals surface area (Å²) in [4.78, 5) is 45.6. The number of nitrogens with zero attached hydrogens (tertiary/aromatic N) is 2. The highest BCUT2D eigenvalue weighted by Crippen LogP contribution is 2.39. The molecule has 0 unspecified atom stereocenters. The van der Waals surface area contributed by atoms with E-state index in [-0.39, 0.29) is 11.1 Å². The SMILES string of the molecule is Cc1cccc(Oc2c(C(F)(F)F)oc3cc(OC(=O)c4cc([N+](=O)[O-])cc([N+](=O)[O-])c4)ccc3c2=O)c1. The van der Waals surface area contributed by atoms with Gasteiger partial charge >= 0.3 is 12.1 Å². The van der Waals surface area contributed by atoms with Crippen molar-refractivity contribution in [2.75, 3.05) is 0 Å². The highest BCUT2D eigenvalue weighted by molar-refractivity contribution is 5.93. The summed E-state index contributed by atoms with van der Waals surface area (Å²) < 4.78 is 56.5. The number of alkyl halides is 3. The van der Waals surface area contributed by atoms with Gasteiger partial charge in [-0.15, -0.1) is 0 Å². The largest absolute Gasteiger partial charge is 0.453 e. The third-order valence-electron chi connectivity index (χ3n) is 5.06. The van der Waals surface area contributed by atoms with Gasteiger partial charge in [0, 0.05) is 18.2 Å². The number of halogens is 3. The normalized spacial score (nSPS) is 11.3. The molecule has 0 aliphatic heterocycles. The van der Waals surface area contributed by atoms with Crippen LogP contribution in [0.25, 0.3) is 11.0 Å². The van der Waals surface area contributed by atoms with Gasteiger partial charge in [-0.05, 0) is 36.8 Å². The first kappa shape index (κ1) is 25.8. The Hall–Kier alpha value is -5.27. The van der Waals surface area contributed by atoms with Gasteiger partial charge in [0.25, 0.3) is 17.1 Å². The zero-order valence-corrected chi connectivity index (χ0v) is 19.0. The van der Waals surface area contributed by atoms with Crippen molar-refractivity contribution in [2.45, 2.75) is 13.1 Å². The van der Waals surface area contributed by atoms with Gasteiger partial charge in [0.1, 0.15) is 17.1 Å². The molecule has 11 nitrogen and oxygen atoms in total. The highest BCUT2D eigenvalue weighted by Gasteiger charge is 2.40. The predicted molar refractivity (Wildman–Crippen MR) is 123 cm³/mol. The number of fused-ring (bicyclic) bond motifs is 1. The fourth-order valence-electron chi connectivity index (χ4n) is 3.39. The number of nitro groups is 2. The van der Waals surface area contributed by atoms with Crippen LogP contribution in [0, 0.1) is 27.2 Å². The summed E-state index contributed by atoms with van der Waals surface area (Å²) >= 11 is 0. The minimum Gasteiger partial charge on any atom is -0.449 e. The van der Waals surface area contributed by atoms with E-state index in [0.29, 0.717) is 11.6 Å². The maximum Gasteiger partial charge on any atom is 0.453 e. The zero-order valence-electron chi connectivity index (χ0n) is 19.0. The van der Waals surface area contributed by atoms with E-state index in [4.69, 9.17) is 13.9 Å². The lowest BCUT2D eigenvalue weighted by Gasteiger charge is -2.14. The van der Waals surface area contributed by atoms with Crippen molar-refractivity contribution < 1.29 is 41.7 Å². The van der Waals surface area contributed by atoms with Gasteiger partial charge in [-0.1, -0.05) is 12.1 Å². The number of nitro benzene ring substituents is 2. The van der Waals surface area contributed by atoms with Crippen LogP contribution in [0.1, 0.15) is 21.7 Å². The topological polar surface area (TPSA) is 152 Å². The molecule has 1 heterocycles. The van der Waals surface area contributed by atoms with Gasteiger partial charge < -0.3 is 13.9 Å². The lowest BCUT2D eigenvalue weighted by molar-refractivity contribution is -0.394. The third kappa shape index (κ3) is 5.28. The second-order valence-corrected chi connectivity index (χ2v) is 7.81. The van der Waals surface area contributed by atoms with Gasteiger partial charge in [0.05, 0.1) is 26.9 Å². The molecule has 0 atom stereocenters. The third-order valence-corrected chi connectivity index (χ3v) is 5.06. The Bertz CT molecular complexity index is 1650. The molecule has 0 saturated heterocycles. The van der Waals surface area contributed by atoms with Crippen LogP contribution in [0.15, 0.2) is 69.9 Å². The van der Waals surface area contributed by atoms with Gasteiger partial charge in [0.2, 0.25) is 11.2 Å². The molecule has 0 aliphatic rings. The molecule has 0 bridgehead atoms. The summed E-state index contributed by atoms with van der Waals surface area (Å²) in [5.74, 6) is -4.54. The van der Waals surface area contributed by atoms with Gasteiger partial charge in [0.15, 0.2) is 0 Å². The van der Waals surface area contributed by atoms with E-state index in [9.17, 15) is 43.0 Å². The van der Waals surface area contributed by atoms with Crippen LogP contribution in [-0.2, 0) is 6.18 Å². The molecule has 0 saturated carbocycles. The van der Waals surface area contributed by atoms with Crippen molar-refractivity contribution in [3.8, 4) is 17.2 Å². The zero-order chi connectivity index (χ0) is 27.8. The molecular formula is C24H13F3N2O9. The fraction of sp³-hybridized carbons (Fsp3) is 0.0833. The Balaban J connectivity index is 1.75. The van der Waals surface area contributed by atoms with Crippen LogP contribution < -0.4 is 14.9 Å². The van der Waals surface area contributed by atoms with Crippen LogP contribution in [0.4, 0.5) is 24.5 Å². The molecule has 194 valence electrons. The van der Waals surface area contributed by atoms with E-state index in [1.807, 2.05) is 0 Å². The van der Waals surface area contributed by atoms with Crippen LogP contribution >= 0.6 is 0 Å². The number of carbonyl (C=O) groups excluding carboxylic acids is 1.